The van der Waals surface area contributed by atoms with Gasteiger partial charge >= 0.3 is 0 Å². The molecule has 0 radical (unpaired) electrons. The molecule has 0 spiro atoms. The lowest BCUT2D eigenvalue weighted by Crippen LogP contribution is -2.58. The monoisotopic (exact) mass is 303 g/mol. The van der Waals surface area contributed by atoms with Crippen molar-refractivity contribution in [1.82, 2.24) is 24.7 Å². The van der Waals surface area contributed by atoms with E-state index in [2.05, 4.69) is 21.9 Å². The number of rotatable bonds is 2. The van der Waals surface area contributed by atoms with E-state index in [9.17, 15) is 9.59 Å². The maximum absolute atomic E-state index is 12.7. The molecule has 1 aromatic rings. The number of amides is 2. The molecule has 0 aromatic carbocycles. The second-order valence-corrected chi connectivity index (χ2v) is 6.66. The van der Waals surface area contributed by atoms with E-state index < -0.39 is 0 Å². The second kappa shape index (κ2) is 5.08. The Labute approximate surface area is 129 Å². The SMILES string of the molecule is CN1CC(N2CC(C(=O)N3CCc4nc[nH]c4C3)CC2=O)C1. The zero-order valence-electron chi connectivity index (χ0n) is 12.8. The Balaban J connectivity index is 1.40. The minimum Gasteiger partial charge on any atom is -0.347 e. The molecule has 3 aliphatic rings. The number of nitrogens with zero attached hydrogens (tertiary/aromatic N) is 4. The maximum atomic E-state index is 12.7. The molecule has 0 saturated carbocycles. The Bertz CT molecular complexity index is 607. The van der Waals surface area contributed by atoms with Crippen LogP contribution in [0.15, 0.2) is 6.33 Å². The van der Waals surface area contributed by atoms with Crippen LogP contribution in [0.25, 0.3) is 0 Å². The van der Waals surface area contributed by atoms with E-state index >= 15 is 0 Å². The van der Waals surface area contributed by atoms with Gasteiger partial charge < -0.3 is 19.7 Å². The minimum absolute atomic E-state index is 0.115. The number of nitrogens with one attached hydrogen (secondary N) is 1. The van der Waals surface area contributed by atoms with Gasteiger partial charge in [0.2, 0.25) is 11.8 Å². The summed E-state index contributed by atoms with van der Waals surface area (Å²) < 4.78 is 0. The molecule has 3 aliphatic heterocycles. The molecule has 1 aromatic heterocycles. The van der Waals surface area contributed by atoms with Crippen molar-refractivity contribution in [1.29, 1.82) is 0 Å². The lowest BCUT2D eigenvalue weighted by molar-refractivity contribution is -0.136. The van der Waals surface area contributed by atoms with E-state index in [1.807, 2.05) is 9.80 Å². The van der Waals surface area contributed by atoms with Gasteiger partial charge in [-0.05, 0) is 7.05 Å². The van der Waals surface area contributed by atoms with Crippen molar-refractivity contribution in [3.8, 4) is 0 Å². The summed E-state index contributed by atoms with van der Waals surface area (Å²) >= 11 is 0. The summed E-state index contributed by atoms with van der Waals surface area (Å²) in [6.07, 6.45) is 2.85. The number of hydrogen-bond acceptors (Lipinski definition) is 4. The molecule has 118 valence electrons. The maximum Gasteiger partial charge on any atom is 0.228 e. The van der Waals surface area contributed by atoms with E-state index in [1.54, 1.807) is 6.33 Å². The summed E-state index contributed by atoms with van der Waals surface area (Å²) in [4.78, 5) is 38.2. The van der Waals surface area contributed by atoms with Crippen molar-refractivity contribution < 1.29 is 9.59 Å². The lowest BCUT2D eigenvalue weighted by atomic mass is 10.0. The van der Waals surface area contributed by atoms with Gasteiger partial charge in [-0.1, -0.05) is 0 Å². The van der Waals surface area contributed by atoms with Gasteiger partial charge in [0.15, 0.2) is 0 Å². The zero-order chi connectivity index (χ0) is 15.3. The summed E-state index contributed by atoms with van der Waals surface area (Å²) in [5, 5.41) is 0. The number of aromatic amines is 1. The van der Waals surface area contributed by atoms with Crippen molar-refractivity contribution in [2.24, 2.45) is 5.92 Å². The number of aromatic nitrogens is 2. The first kappa shape index (κ1) is 13.8. The first-order valence-corrected chi connectivity index (χ1v) is 7.89. The number of likely N-dealkylation sites (tertiary alicyclic amines) is 2. The van der Waals surface area contributed by atoms with E-state index in [0.717, 1.165) is 30.9 Å². The van der Waals surface area contributed by atoms with Gasteiger partial charge in [0.1, 0.15) is 0 Å². The third-order valence-electron chi connectivity index (χ3n) is 5.08. The van der Waals surface area contributed by atoms with Crippen LogP contribution < -0.4 is 0 Å². The fourth-order valence-electron chi connectivity index (χ4n) is 3.77. The summed E-state index contributed by atoms with van der Waals surface area (Å²) in [6, 6.07) is 0.302. The first-order valence-electron chi connectivity index (χ1n) is 7.89. The molecule has 2 saturated heterocycles. The van der Waals surface area contributed by atoms with Crippen LogP contribution >= 0.6 is 0 Å². The Morgan fingerprint density at radius 3 is 2.95 bits per heavy atom. The number of H-pyrrole nitrogens is 1. The summed E-state index contributed by atoms with van der Waals surface area (Å²) in [5.74, 6) is 0.0716. The van der Waals surface area contributed by atoms with Crippen LogP contribution in [0.2, 0.25) is 0 Å². The molecule has 1 unspecified atom stereocenters. The Morgan fingerprint density at radius 2 is 2.18 bits per heavy atom. The van der Waals surface area contributed by atoms with Crippen molar-refractivity contribution in [3.63, 3.8) is 0 Å². The van der Waals surface area contributed by atoms with E-state index in [1.165, 1.54) is 0 Å². The Hall–Kier alpha value is -1.89. The molecule has 4 rings (SSSR count). The van der Waals surface area contributed by atoms with E-state index in [0.29, 0.717) is 32.1 Å². The molecule has 22 heavy (non-hydrogen) atoms. The molecule has 7 heteroatoms. The van der Waals surface area contributed by atoms with Gasteiger partial charge in [0.25, 0.3) is 0 Å². The highest BCUT2D eigenvalue weighted by atomic mass is 16.2. The predicted molar refractivity (Wildman–Crippen MR) is 78.8 cm³/mol. The van der Waals surface area contributed by atoms with Crippen LogP contribution in [0, 0.1) is 5.92 Å². The smallest absolute Gasteiger partial charge is 0.228 e. The number of fused-ring (bicyclic) bond motifs is 1. The average Bonchev–Trinajstić information content (AvgIpc) is 3.08. The molecule has 4 heterocycles. The fourth-order valence-corrected chi connectivity index (χ4v) is 3.77. The van der Waals surface area contributed by atoms with Gasteiger partial charge in [-0.25, -0.2) is 4.98 Å². The lowest BCUT2D eigenvalue weighted by Gasteiger charge is -2.42. The number of hydrogen-bond donors (Lipinski definition) is 1. The van der Waals surface area contributed by atoms with Crippen LogP contribution in [0.5, 0.6) is 0 Å². The number of imidazole rings is 1. The number of carbonyl (C=O) groups is 2. The highest BCUT2D eigenvalue weighted by Gasteiger charge is 2.42. The minimum atomic E-state index is -0.178. The van der Waals surface area contributed by atoms with Crippen LogP contribution in [0.3, 0.4) is 0 Å². The highest BCUT2D eigenvalue weighted by molar-refractivity contribution is 5.89. The standard InChI is InChI=1S/C15H21N5O2/c1-18-6-11(7-18)20-5-10(4-14(20)21)15(22)19-3-2-12-13(8-19)17-9-16-12/h9-11H,2-8H2,1H3,(H,16,17). The Kier molecular flexibility index (Phi) is 3.18. The van der Waals surface area contributed by atoms with Crippen molar-refractivity contribution in [2.45, 2.75) is 25.4 Å². The zero-order valence-corrected chi connectivity index (χ0v) is 12.8. The van der Waals surface area contributed by atoms with Gasteiger partial charge in [-0.15, -0.1) is 0 Å². The van der Waals surface area contributed by atoms with Crippen LogP contribution in [0.1, 0.15) is 17.8 Å². The van der Waals surface area contributed by atoms with E-state index in [-0.39, 0.29) is 17.7 Å². The third-order valence-corrected chi connectivity index (χ3v) is 5.08. The summed E-state index contributed by atoms with van der Waals surface area (Å²) in [5.41, 5.74) is 2.09. The largest absolute Gasteiger partial charge is 0.347 e. The van der Waals surface area contributed by atoms with Gasteiger partial charge in [-0.3, -0.25) is 9.59 Å². The number of carbonyl (C=O) groups excluding carboxylic acids is 2. The van der Waals surface area contributed by atoms with Crippen molar-refractivity contribution in [2.75, 3.05) is 33.2 Å². The molecule has 0 aliphatic carbocycles. The molecule has 1 N–H and O–H groups in total. The quantitative estimate of drug-likeness (QED) is 0.796. The average molecular weight is 303 g/mol. The van der Waals surface area contributed by atoms with Crippen LogP contribution in [-0.2, 0) is 22.6 Å². The van der Waals surface area contributed by atoms with Crippen molar-refractivity contribution >= 4 is 11.8 Å². The molecular formula is C15H21N5O2. The molecule has 0 bridgehead atoms. The van der Waals surface area contributed by atoms with Crippen LogP contribution in [0.4, 0.5) is 0 Å². The van der Waals surface area contributed by atoms with Gasteiger partial charge in [-0.2, -0.15) is 0 Å². The highest BCUT2D eigenvalue weighted by Crippen LogP contribution is 2.27. The van der Waals surface area contributed by atoms with Gasteiger partial charge in [0.05, 0.1) is 36.2 Å². The number of likely N-dealkylation sites (N-methyl/N-ethyl adjacent to an activating group) is 1. The fraction of sp³-hybridized carbons (Fsp3) is 0.667. The van der Waals surface area contributed by atoms with Crippen molar-refractivity contribution in [3.05, 3.63) is 17.7 Å². The second-order valence-electron chi connectivity index (χ2n) is 6.66. The van der Waals surface area contributed by atoms with Gasteiger partial charge in [0, 0.05) is 39.0 Å². The first-order chi connectivity index (χ1) is 10.6. The normalized spacial score (nSPS) is 26.2. The molecular weight excluding hydrogens is 282 g/mol. The molecule has 1 atom stereocenters. The summed E-state index contributed by atoms with van der Waals surface area (Å²) in [7, 11) is 2.05. The molecule has 2 amide bonds. The summed E-state index contributed by atoms with van der Waals surface area (Å²) in [6.45, 7) is 3.73. The molecule has 2 fully saturated rings. The predicted octanol–water partition coefficient (Wildman–Crippen LogP) is -0.543. The van der Waals surface area contributed by atoms with E-state index in [4.69, 9.17) is 0 Å². The third kappa shape index (κ3) is 2.20. The topological polar surface area (TPSA) is 72.5 Å². The van der Waals surface area contributed by atoms with Crippen LogP contribution in [-0.4, -0.2) is 75.8 Å². The molecule has 7 nitrogen and oxygen atoms in total. The Morgan fingerprint density at radius 1 is 1.36 bits per heavy atom.